The quantitative estimate of drug-likeness (QED) is 0.676. The van der Waals surface area contributed by atoms with E-state index in [9.17, 15) is 4.79 Å². The Morgan fingerprint density at radius 3 is 2.45 bits per heavy atom. The molecule has 1 aromatic carbocycles. The van der Waals surface area contributed by atoms with E-state index >= 15 is 0 Å². The molecule has 0 bridgehead atoms. The van der Waals surface area contributed by atoms with Crippen molar-refractivity contribution < 1.29 is 9.53 Å². The summed E-state index contributed by atoms with van der Waals surface area (Å²) in [5, 5.41) is 0. The van der Waals surface area contributed by atoms with Crippen LogP contribution in [0.3, 0.4) is 0 Å². The highest BCUT2D eigenvalue weighted by atomic mass is 16.5. The smallest absolute Gasteiger partial charge is 0.225 e. The van der Waals surface area contributed by atoms with Gasteiger partial charge in [0.1, 0.15) is 5.75 Å². The van der Waals surface area contributed by atoms with Gasteiger partial charge in [-0.3, -0.25) is 4.79 Å². The molecular weight excluding hydrogens is 248 g/mol. The number of ether oxygens (including phenoxy) is 1. The Morgan fingerprint density at radius 2 is 1.90 bits per heavy atom. The molecule has 0 spiro atoms. The number of carbonyl (C=O) groups excluding carboxylic acids is 1. The van der Waals surface area contributed by atoms with Crippen molar-refractivity contribution in [3.05, 3.63) is 35.9 Å². The Hall–Kier alpha value is -1.57. The molecule has 1 unspecified atom stereocenters. The van der Waals surface area contributed by atoms with Gasteiger partial charge in [0.05, 0.1) is 6.61 Å². The van der Waals surface area contributed by atoms with E-state index in [1.54, 1.807) is 12.4 Å². The Morgan fingerprint density at radius 1 is 1.25 bits per heavy atom. The molecule has 0 amide bonds. The second-order valence-electron chi connectivity index (χ2n) is 6.53. The molecule has 0 saturated carbocycles. The molecular formula is C18H25O2. The summed E-state index contributed by atoms with van der Waals surface area (Å²) >= 11 is 0. The third kappa shape index (κ3) is 7.13. The summed E-state index contributed by atoms with van der Waals surface area (Å²) in [5.41, 5.74) is 1.35. The van der Waals surface area contributed by atoms with E-state index in [1.165, 1.54) is 12.5 Å². The predicted molar refractivity (Wildman–Crippen MR) is 84.5 cm³/mol. The van der Waals surface area contributed by atoms with Crippen LogP contribution < -0.4 is 4.74 Å². The number of allylic oxidation sites excluding steroid dienone is 1. The average molecular weight is 273 g/mol. The first-order valence-corrected chi connectivity index (χ1v) is 7.18. The summed E-state index contributed by atoms with van der Waals surface area (Å²) in [6.07, 6.45) is 7.10. The molecule has 2 nitrogen and oxygen atoms in total. The Balaban J connectivity index is 2.35. The SMILES string of the molecule is CC(CCOc1ccc(/C=C/[C]=O)cc1)CC(C)(C)C. The van der Waals surface area contributed by atoms with Gasteiger partial charge in [0.25, 0.3) is 0 Å². The van der Waals surface area contributed by atoms with E-state index in [2.05, 4.69) is 27.7 Å². The minimum Gasteiger partial charge on any atom is -0.494 e. The molecule has 0 aliphatic heterocycles. The number of benzene rings is 1. The van der Waals surface area contributed by atoms with Gasteiger partial charge in [-0.1, -0.05) is 45.9 Å². The molecule has 0 aromatic heterocycles. The second-order valence-corrected chi connectivity index (χ2v) is 6.53. The molecule has 1 atom stereocenters. The molecule has 0 aliphatic carbocycles. The lowest BCUT2D eigenvalue weighted by atomic mass is 9.84. The van der Waals surface area contributed by atoms with Crippen molar-refractivity contribution in [3.63, 3.8) is 0 Å². The van der Waals surface area contributed by atoms with Crippen LogP contribution in [0.1, 0.15) is 46.1 Å². The summed E-state index contributed by atoms with van der Waals surface area (Å²) < 4.78 is 5.75. The van der Waals surface area contributed by atoms with Gasteiger partial charge in [-0.05, 0) is 47.9 Å². The van der Waals surface area contributed by atoms with Gasteiger partial charge in [0, 0.05) is 0 Å². The predicted octanol–water partition coefficient (Wildman–Crippen LogP) is 4.65. The first kappa shape index (κ1) is 16.5. The molecule has 0 N–H and O–H groups in total. The number of hydrogen-bond acceptors (Lipinski definition) is 2. The van der Waals surface area contributed by atoms with Crippen LogP contribution in [0.15, 0.2) is 30.3 Å². The van der Waals surface area contributed by atoms with E-state index in [-0.39, 0.29) is 0 Å². The Labute approximate surface area is 122 Å². The normalized spacial score (nSPS) is 13.4. The van der Waals surface area contributed by atoms with Crippen LogP contribution in [-0.4, -0.2) is 12.9 Å². The molecule has 1 radical (unpaired) electrons. The summed E-state index contributed by atoms with van der Waals surface area (Å²) in [6.45, 7) is 9.83. The number of hydrogen-bond donors (Lipinski definition) is 0. The molecule has 1 rings (SSSR count). The largest absolute Gasteiger partial charge is 0.494 e. The van der Waals surface area contributed by atoms with E-state index in [1.807, 2.05) is 24.3 Å². The fourth-order valence-electron chi connectivity index (χ4n) is 2.33. The van der Waals surface area contributed by atoms with Crippen molar-refractivity contribution in [2.24, 2.45) is 11.3 Å². The van der Waals surface area contributed by atoms with Gasteiger partial charge in [-0.25, -0.2) is 0 Å². The fraction of sp³-hybridized carbons (Fsp3) is 0.500. The molecule has 0 saturated heterocycles. The van der Waals surface area contributed by atoms with Crippen molar-refractivity contribution in [3.8, 4) is 5.75 Å². The first-order chi connectivity index (χ1) is 9.40. The second kappa shape index (κ2) is 7.88. The highest BCUT2D eigenvalue weighted by Gasteiger charge is 2.15. The molecule has 1 aromatic rings. The third-order valence-electron chi connectivity index (χ3n) is 3.06. The monoisotopic (exact) mass is 273 g/mol. The van der Waals surface area contributed by atoms with Crippen LogP contribution in [0.25, 0.3) is 6.08 Å². The minimum atomic E-state index is 0.378. The van der Waals surface area contributed by atoms with Crippen LogP contribution in [0.5, 0.6) is 5.75 Å². The topological polar surface area (TPSA) is 26.3 Å². The zero-order valence-corrected chi connectivity index (χ0v) is 13.0. The van der Waals surface area contributed by atoms with E-state index in [0.29, 0.717) is 11.3 Å². The van der Waals surface area contributed by atoms with Crippen molar-refractivity contribution in [2.45, 2.75) is 40.5 Å². The number of rotatable bonds is 7. The van der Waals surface area contributed by atoms with Crippen molar-refractivity contribution in [1.29, 1.82) is 0 Å². The lowest BCUT2D eigenvalue weighted by Crippen LogP contribution is -2.13. The van der Waals surface area contributed by atoms with E-state index in [0.717, 1.165) is 24.3 Å². The van der Waals surface area contributed by atoms with Crippen LogP contribution in [0.4, 0.5) is 0 Å². The summed E-state index contributed by atoms with van der Waals surface area (Å²) in [6, 6.07) is 7.72. The minimum absolute atomic E-state index is 0.378. The van der Waals surface area contributed by atoms with Gasteiger partial charge >= 0.3 is 0 Å². The summed E-state index contributed by atoms with van der Waals surface area (Å²) in [7, 11) is 0. The summed E-state index contributed by atoms with van der Waals surface area (Å²) in [5.74, 6) is 1.54. The molecule has 0 aliphatic rings. The van der Waals surface area contributed by atoms with E-state index in [4.69, 9.17) is 4.74 Å². The van der Waals surface area contributed by atoms with Gasteiger partial charge in [0.2, 0.25) is 6.29 Å². The molecule has 0 heterocycles. The van der Waals surface area contributed by atoms with Crippen molar-refractivity contribution in [2.75, 3.05) is 6.61 Å². The molecule has 109 valence electrons. The molecule has 2 heteroatoms. The van der Waals surface area contributed by atoms with Crippen LogP contribution in [-0.2, 0) is 4.79 Å². The van der Waals surface area contributed by atoms with Crippen LogP contribution in [0, 0.1) is 11.3 Å². The van der Waals surface area contributed by atoms with Gasteiger partial charge in [0.15, 0.2) is 0 Å². The Kier molecular flexibility index (Phi) is 6.50. The van der Waals surface area contributed by atoms with Gasteiger partial charge in [-0.2, -0.15) is 0 Å². The van der Waals surface area contributed by atoms with Crippen molar-refractivity contribution in [1.82, 2.24) is 0 Å². The van der Waals surface area contributed by atoms with Gasteiger partial charge in [-0.15, -0.1) is 0 Å². The van der Waals surface area contributed by atoms with Crippen LogP contribution in [0.2, 0.25) is 0 Å². The average Bonchev–Trinajstić information content (AvgIpc) is 2.35. The summed E-state index contributed by atoms with van der Waals surface area (Å²) in [4.78, 5) is 10.1. The van der Waals surface area contributed by atoms with Crippen LogP contribution >= 0.6 is 0 Å². The van der Waals surface area contributed by atoms with E-state index < -0.39 is 0 Å². The zero-order valence-electron chi connectivity index (χ0n) is 13.0. The van der Waals surface area contributed by atoms with Gasteiger partial charge < -0.3 is 4.74 Å². The zero-order chi connectivity index (χ0) is 15.0. The maximum Gasteiger partial charge on any atom is 0.225 e. The molecule has 20 heavy (non-hydrogen) atoms. The maximum atomic E-state index is 10.1. The van der Waals surface area contributed by atoms with Crippen molar-refractivity contribution >= 4 is 12.4 Å². The highest BCUT2D eigenvalue weighted by Crippen LogP contribution is 2.26. The maximum absolute atomic E-state index is 10.1. The fourth-order valence-corrected chi connectivity index (χ4v) is 2.33. The molecule has 0 fully saturated rings. The Bertz CT molecular complexity index is 424. The lowest BCUT2D eigenvalue weighted by molar-refractivity contribution is 0.240. The standard InChI is InChI=1S/C18H25O2/c1-15(14-18(2,3)4)11-13-20-17-9-7-16(8-10-17)6-5-12-19/h5-10,15H,11,13-14H2,1-4H3/b6-5+. The first-order valence-electron chi connectivity index (χ1n) is 7.18. The third-order valence-corrected chi connectivity index (χ3v) is 3.06. The highest BCUT2D eigenvalue weighted by molar-refractivity contribution is 5.74. The lowest BCUT2D eigenvalue weighted by Gasteiger charge is -2.23.